The highest BCUT2D eigenvalue weighted by molar-refractivity contribution is 5.20. The van der Waals surface area contributed by atoms with Crippen molar-refractivity contribution in [1.82, 2.24) is 4.90 Å². The quantitative estimate of drug-likeness (QED) is 0.730. The number of ether oxygens (including phenoxy) is 2. The van der Waals surface area contributed by atoms with Crippen molar-refractivity contribution in [2.24, 2.45) is 5.92 Å². The van der Waals surface area contributed by atoms with Crippen molar-refractivity contribution in [3.63, 3.8) is 0 Å². The van der Waals surface area contributed by atoms with Gasteiger partial charge in [-0.2, -0.15) is 0 Å². The zero-order valence-corrected chi connectivity index (χ0v) is 13.7. The van der Waals surface area contributed by atoms with Gasteiger partial charge < -0.3 is 9.47 Å². The molecule has 0 unspecified atom stereocenters. The Morgan fingerprint density at radius 3 is 2.73 bits per heavy atom. The lowest BCUT2D eigenvalue weighted by atomic mass is 10.1. The van der Waals surface area contributed by atoms with Crippen molar-refractivity contribution < 1.29 is 9.47 Å². The second kappa shape index (κ2) is 7.98. The number of unbranched alkanes of at least 4 members (excludes halogenated alkanes) is 1. The Morgan fingerprint density at radius 2 is 2.00 bits per heavy atom. The Hall–Kier alpha value is -1.06. The number of nitrogens with zero attached hydrogens (tertiary/aromatic N) is 1. The predicted molar refractivity (Wildman–Crippen MR) is 89.3 cm³/mol. The van der Waals surface area contributed by atoms with Crippen LogP contribution in [0.25, 0.3) is 0 Å². The maximum atomic E-state index is 6.32. The van der Waals surface area contributed by atoms with Crippen molar-refractivity contribution >= 4 is 0 Å². The summed E-state index contributed by atoms with van der Waals surface area (Å²) in [5, 5.41) is 0. The lowest BCUT2D eigenvalue weighted by Crippen LogP contribution is -2.49. The van der Waals surface area contributed by atoms with Gasteiger partial charge in [0.25, 0.3) is 0 Å². The molecule has 1 aliphatic carbocycles. The van der Waals surface area contributed by atoms with Crippen LogP contribution in [-0.4, -0.2) is 43.3 Å². The molecule has 1 heterocycles. The second-order valence-corrected chi connectivity index (χ2v) is 6.70. The van der Waals surface area contributed by atoms with Gasteiger partial charge in [0.15, 0.2) is 0 Å². The van der Waals surface area contributed by atoms with Crippen molar-refractivity contribution in [2.45, 2.75) is 51.2 Å². The number of para-hydroxylation sites is 1. The van der Waals surface area contributed by atoms with Gasteiger partial charge >= 0.3 is 0 Å². The molecule has 0 aromatic heterocycles. The first kappa shape index (κ1) is 15.8. The van der Waals surface area contributed by atoms with Crippen LogP contribution in [0.5, 0.6) is 5.75 Å². The third kappa shape index (κ3) is 4.72. The SMILES string of the molecule is CCCC[C@@H]1CN(CCOc2ccccc2)C[C@H](C2CC2)O1. The van der Waals surface area contributed by atoms with Crippen LogP contribution in [0.4, 0.5) is 0 Å². The van der Waals surface area contributed by atoms with Crippen LogP contribution in [0.2, 0.25) is 0 Å². The van der Waals surface area contributed by atoms with Crippen molar-refractivity contribution in [3.8, 4) is 5.75 Å². The summed E-state index contributed by atoms with van der Waals surface area (Å²) in [6, 6.07) is 10.1. The molecule has 3 rings (SSSR count). The first-order valence-corrected chi connectivity index (χ1v) is 8.91. The van der Waals surface area contributed by atoms with E-state index in [-0.39, 0.29) is 0 Å². The molecule has 3 heteroatoms. The smallest absolute Gasteiger partial charge is 0.119 e. The van der Waals surface area contributed by atoms with Gasteiger partial charge in [0.05, 0.1) is 12.2 Å². The molecule has 2 fully saturated rings. The Morgan fingerprint density at radius 1 is 1.18 bits per heavy atom. The normalized spacial score (nSPS) is 26.0. The summed E-state index contributed by atoms with van der Waals surface area (Å²) in [6.45, 7) is 6.19. The van der Waals surface area contributed by atoms with Gasteiger partial charge in [-0.05, 0) is 37.3 Å². The monoisotopic (exact) mass is 303 g/mol. The first-order chi connectivity index (χ1) is 10.8. The fourth-order valence-corrected chi connectivity index (χ4v) is 3.26. The highest BCUT2D eigenvalue weighted by Gasteiger charge is 2.37. The fourth-order valence-electron chi connectivity index (χ4n) is 3.26. The fraction of sp³-hybridized carbons (Fsp3) is 0.684. The molecule has 3 nitrogen and oxygen atoms in total. The molecule has 2 aliphatic rings. The maximum Gasteiger partial charge on any atom is 0.119 e. The van der Waals surface area contributed by atoms with Gasteiger partial charge in [-0.15, -0.1) is 0 Å². The third-order valence-electron chi connectivity index (χ3n) is 4.71. The van der Waals surface area contributed by atoms with E-state index in [2.05, 4.69) is 11.8 Å². The van der Waals surface area contributed by atoms with Crippen LogP contribution in [0.15, 0.2) is 30.3 Å². The average Bonchev–Trinajstić information content (AvgIpc) is 3.39. The summed E-state index contributed by atoms with van der Waals surface area (Å²) in [4.78, 5) is 2.55. The van der Waals surface area contributed by atoms with Crippen LogP contribution in [0.3, 0.4) is 0 Å². The highest BCUT2D eigenvalue weighted by atomic mass is 16.5. The van der Waals surface area contributed by atoms with Crippen molar-refractivity contribution in [1.29, 1.82) is 0 Å². The molecule has 1 aromatic rings. The first-order valence-electron chi connectivity index (χ1n) is 8.91. The minimum Gasteiger partial charge on any atom is -0.492 e. The summed E-state index contributed by atoms with van der Waals surface area (Å²) < 4.78 is 12.2. The lowest BCUT2D eigenvalue weighted by molar-refractivity contribution is -0.0985. The zero-order chi connectivity index (χ0) is 15.2. The largest absolute Gasteiger partial charge is 0.492 e. The van der Waals surface area contributed by atoms with Crippen LogP contribution in [-0.2, 0) is 4.74 Å². The van der Waals surface area contributed by atoms with Gasteiger partial charge in [0.1, 0.15) is 12.4 Å². The average molecular weight is 303 g/mol. The zero-order valence-electron chi connectivity index (χ0n) is 13.7. The molecule has 1 aliphatic heterocycles. The highest BCUT2D eigenvalue weighted by Crippen LogP contribution is 2.37. The summed E-state index contributed by atoms with van der Waals surface area (Å²) in [7, 11) is 0. The molecule has 1 aromatic carbocycles. The molecule has 0 N–H and O–H groups in total. The van der Waals surface area contributed by atoms with E-state index in [0.29, 0.717) is 12.2 Å². The third-order valence-corrected chi connectivity index (χ3v) is 4.71. The summed E-state index contributed by atoms with van der Waals surface area (Å²) in [5.74, 6) is 1.79. The molecule has 0 radical (unpaired) electrons. The van der Waals surface area contributed by atoms with Gasteiger partial charge in [0, 0.05) is 19.6 Å². The predicted octanol–water partition coefficient (Wildman–Crippen LogP) is 3.74. The van der Waals surface area contributed by atoms with E-state index < -0.39 is 0 Å². The molecular formula is C19H29NO2. The molecular weight excluding hydrogens is 274 g/mol. The molecule has 0 bridgehead atoms. The number of morpholine rings is 1. The maximum absolute atomic E-state index is 6.32. The summed E-state index contributed by atoms with van der Waals surface area (Å²) in [6.07, 6.45) is 7.35. The van der Waals surface area contributed by atoms with Crippen LogP contribution in [0, 0.1) is 5.92 Å². The van der Waals surface area contributed by atoms with Gasteiger partial charge in [0.2, 0.25) is 0 Å². The molecule has 0 spiro atoms. The number of benzene rings is 1. The number of rotatable bonds is 8. The number of hydrogen-bond donors (Lipinski definition) is 0. The second-order valence-electron chi connectivity index (χ2n) is 6.70. The minimum absolute atomic E-state index is 0.427. The van der Waals surface area contributed by atoms with E-state index in [4.69, 9.17) is 9.47 Å². The van der Waals surface area contributed by atoms with Crippen LogP contribution >= 0.6 is 0 Å². The van der Waals surface area contributed by atoms with E-state index in [1.165, 1.54) is 32.1 Å². The van der Waals surface area contributed by atoms with E-state index in [0.717, 1.165) is 37.9 Å². The van der Waals surface area contributed by atoms with Crippen LogP contribution in [0.1, 0.15) is 39.0 Å². The van der Waals surface area contributed by atoms with Crippen LogP contribution < -0.4 is 4.74 Å². The van der Waals surface area contributed by atoms with E-state index in [1.54, 1.807) is 0 Å². The van der Waals surface area contributed by atoms with Gasteiger partial charge in [-0.3, -0.25) is 4.90 Å². The molecule has 2 atom stereocenters. The summed E-state index contributed by atoms with van der Waals surface area (Å²) >= 11 is 0. The Kier molecular flexibility index (Phi) is 5.74. The Bertz CT molecular complexity index is 432. The van der Waals surface area contributed by atoms with E-state index in [1.807, 2.05) is 30.3 Å². The lowest BCUT2D eigenvalue weighted by Gasteiger charge is -2.38. The molecule has 1 saturated carbocycles. The molecule has 122 valence electrons. The van der Waals surface area contributed by atoms with Crippen molar-refractivity contribution in [3.05, 3.63) is 30.3 Å². The van der Waals surface area contributed by atoms with E-state index in [9.17, 15) is 0 Å². The van der Waals surface area contributed by atoms with Gasteiger partial charge in [-0.1, -0.05) is 38.0 Å². The van der Waals surface area contributed by atoms with Crippen molar-refractivity contribution in [2.75, 3.05) is 26.2 Å². The van der Waals surface area contributed by atoms with Gasteiger partial charge in [-0.25, -0.2) is 0 Å². The summed E-state index contributed by atoms with van der Waals surface area (Å²) in [5.41, 5.74) is 0. The number of hydrogen-bond acceptors (Lipinski definition) is 3. The minimum atomic E-state index is 0.427. The van der Waals surface area contributed by atoms with E-state index >= 15 is 0 Å². The Balaban J connectivity index is 1.46. The standard InChI is InChI=1S/C19H29NO2/c1-2-3-7-18-14-20(15-19(22-18)16-10-11-16)12-13-21-17-8-5-4-6-9-17/h4-6,8-9,16,18-19H,2-3,7,10-15H2,1H3/t18-,19-/m1/s1. The molecule has 1 saturated heterocycles. The Labute approximate surface area is 134 Å². The molecule has 0 amide bonds. The topological polar surface area (TPSA) is 21.7 Å². The molecule has 22 heavy (non-hydrogen) atoms.